The Balaban J connectivity index is 1.38. The minimum atomic E-state index is -0.585. The van der Waals surface area contributed by atoms with E-state index in [-0.39, 0.29) is 17.9 Å². The molecule has 0 aliphatic rings. The van der Waals surface area contributed by atoms with Crippen LogP contribution in [0.3, 0.4) is 0 Å². The lowest BCUT2D eigenvalue weighted by atomic mass is 10.0. The maximum atomic E-state index is 12.7. The standard InChI is InChI=1S/C36H46N2O6/c1-4-5-6-7-8-9-10-11-12-13-14-15-28-24-37-33(38-25-28)29-16-18-31(19-17-29)36(41)44-32-22-20-30(21-23-32)35(40)43-26-27(2)34(39)42-3/h16-25,27H,4-15,26H2,1-3H3/t27-/m0/s1. The Morgan fingerprint density at radius 2 is 1.23 bits per heavy atom. The topological polar surface area (TPSA) is 105 Å². The van der Waals surface area contributed by atoms with Gasteiger partial charge in [-0.05, 0) is 61.7 Å². The van der Waals surface area contributed by atoms with E-state index in [0.717, 1.165) is 24.0 Å². The van der Waals surface area contributed by atoms with Crippen LogP contribution in [0.2, 0.25) is 0 Å². The number of carbonyl (C=O) groups is 3. The number of hydrogen-bond donors (Lipinski definition) is 0. The van der Waals surface area contributed by atoms with E-state index in [1.165, 1.54) is 95.6 Å². The second kappa shape index (κ2) is 19.3. The number of benzene rings is 2. The third kappa shape index (κ3) is 11.9. The van der Waals surface area contributed by atoms with Gasteiger partial charge in [-0.1, -0.05) is 83.3 Å². The average molecular weight is 603 g/mol. The van der Waals surface area contributed by atoms with Crippen LogP contribution in [0, 0.1) is 5.92 Å². The second-order valence-electron chi connectivity index (χ2n) is 11.2. The van der Waals surface area contributed by atoms with Crippen LogP contribution in [0.1, 0.15) is 111 Å². The van der Waals surface area contributed by atoms with Crippen LogP contribution < -0.4 is 4.74 Å². The van der Waals surface area contributed by atoms with Crippen molar-refractivity contribution >= 4 is 17.9 Å². The van der Waals surface area contributed by atoms with Gasteiger partial charge in [-0.2, -0.15) is 0 Å². The first-order valence-corrected chi connectivity index (χ1v) is 15.9. The van der Waals surface area contributed by atoms with E-state index < -0.39 is 23.8 Å². The lowest BCUT2D eigenvalue weighted by Crippen LogP contribution is -2.20. The predicted octanol–water partition coefficient (Wildman–Crippen LogP) is 8.18. The number of nitrogens with zero attached hydrogens (tertiary/aromatic N) is 2. The van der Waals surface area contributed by atoms with Crippen LogP contribution in [-0.2, 0) is 20.7 Å². The molecule has 0 unspecified atom stereocenters. The molecule has 2 aromatic carbocycles. The van der Waals surface area contributed by atoms with Crippen LogP contribution in [-0.4, -0.2) is 41.6 Å². The molecule has 0 radical (unpaired) electrons. The monoisotopic (exact) mass is 602 g/mol. The lowest BCUT2D eigenvalue weighted by molar-refractivity contribution is -0.146. The van der Waals surface area contributed by atoms with Crippen LogP contribution >= 0.6 is 0 Å². The summed E-state index contributed by atoms with van der Waals surface area (Å²) < 4.78 is 15.2. The Kier molecular flexibility index (Phi) is 15.1. The molecule has 3 aromatic rings. The molecule has 3 rings (SSSR count). The highest BCUT2D eigenvalue weighted by atomic mass is 16.5. The second-order valence-corrected chi connectivity index (χ2v) is 11.2. The summed E-state index contributed by atoms with van der Waals surface area (Å²) in [7, 11) is 1.28. The number of rotatable bonds is 19. The molecule has 0 amide bonds. The summed E-state index contributed by atoms with van der Waals surface area (Å²) in [5, 5.41) is 0. The van der Waals surface area contributed by atoms with Crippen molar-refractivity contribution < 1.29 is 28.6 Å². The SMILES string of the molecule is CCCCCCCCCCCCCc1cnc(-c2ccc(C(=O)Oc3ccc(C(=O)OC[C@H](C)C(=O)OC)cc3)cc2)nc1. The summed E-state index contributed by atoms with van der Waals surface area (Å²) in [6, 6.07) is 13.0. The molecule has 0 aliphatic carbocycles. The molecule has 1 atom stereocenters. The molecule has 236 valence electrons. The molecule has 0 saturated heterocycles. The molecule has 0 saturated carbocycles. The maximum absolute atomic E-state index is 12.7. The van der Waals surface area contributed by atoms with Crippen molar-refractivity contribution in [3.8, 4) is 17.1 Å². The summed E-state index contributed by atoms with van der Waals surface area (Å²) >= 11 is 0. The van der Waals surface area contributed by atoms with Gasteiger partial charge in [0.15, 0.2) is 5.82 Å². The van der Waals surface area contributed by atoms with Crippen LogP contribution in [0.15, 0.2) is 60.9 Å². The molecule has 1 heterocycles. The zero-order chi connectivity index (χ0) is 31.6. The fourth-order valence-corrected chi connectivity index (χ4v) is 4.76. The van der Waals surface area contributed by atoms with E-state index in [2.05, 4.69) is 21.6 Å². The molecule has 0 spiro atoms. The zero-order valence-corrected chi connectivity index (χ0v) is 26.4. The van der Waals surface area contributed by atoms with Crippen molar-refractivity contribution in [3.05, 3.63) is 77.6 Å². The first-order chi connectivity index (χ1) is 21.4. The molecule has 8 nitrogen and oxygen atoms in total. The van der Waals surface area contributed by atoms with Crippen molar-refractivity contribution in [2.75, 3.05) is 13.7 Å². The molecule has 0 aliphatic heterocycles. The highest BCUT2D eigenvalue weighted by Crippen LogP contribution is 2.19. The Morgan fingerprint density at radius 1 is 0.705 bits per heavy atom. The van der Waals surface area contributed by atoms with Gasteiger partial charge in [-0.25, -0.2) is 19.6 Å². The highest BCUT2D eigenvalue weighted by molar-refractivity contribution is 5.92. The van der Waals surface area contributed by atoms with Gasteiger partial charge < -0.3 is 14.2 Å². The molecular formula is C36H46N2O6. The van der Waals surface area contributed by atoms with Crippen molar-refractivity contribution in [2.24, 2.45) is 5.92 Å². The molecule has 1 aromatic heterocycles. The van der Waals surface area contributed by atoms with Crippen molar-refractivity contribution in [1.29, 1.82) is 0 Å². The Morgan fingerprint density at radius 3 is 1.80 bits per heavy atom. The quantitative estimate of drug-likeness (QED) is 0.0768. The number of carbonyl (C=O) groups excluding carboxylic acids is 3. The summed E-state index contributed by atoms with van der Waals surface area (Å²) in [5.74, 6) is -1.24. The third-order valence-corrected chi connectivity index (χ3v) is 7.52. The van der Waals surface area contributed by atoms with Crippen LogP contribution in [0.25, 0.3) is 11.4 Å². The minimum absolute atomic E-state index is 0.0904. The van der Waals surface area contributed by atoms with Gasteiger partial charge in [-0.3, -0.25) is 4.79 Å². The molecule has 0 bridgehead atoms. The van der Waals surface area contributed by atoms with E-state index in [0.29, 0.717) is 11.4 Å². The maximum Gasteiger partial charge on any atom is 0.343 e. The Labute approximate surface area is 261 Å². The summed E-state index contributed by atoms with van der Waals surface area (Å²) in [6.45, 7) is 3.78. The van der Waals surface area contributed by atoms with Gasteiger partial charge in [0.1, 0.15) is 12.4 Å². The summed E-state index contributed by atoms with van der Waals surface area (Å²) in [5.41, 5.74) is 2.60. The van der Waals surface area contributed by atoms with Gasteiger partial charge in [-0.15, -0.1) is 0 Å². The van der Waals surface area contributed by atoms with E-state index in [1.807, 2.05) is 12.4 Å². The fraction of sp³-hybridized carbons (Fsp3) is 0.472. The van der Waals surface area contributed by atoms with E-state index in [9.17, 15) is 14.4 Å². The van der Waals surface area contributed by atoms with E-state index in [4.69, 9.17) is 9.47 Å². The van der Waals surface area contributed by atoms with Gasteiger partial charge in [0, 0.05) is 18.0 Å². The Bertz CT molecular complexity index is 1290. The van der Waals surface area contributed by atoms with Crippen molar-refractivity contribution in [3.63, 3.8) is 0 Å². The predicted molar refractivity (Wildman–Crippen MR) is 170 cm³/mol. The first kappa shape index (κ1) is 34.4. The third-order valence-electron chi connectivity index (χ3n) is 7.52. The number of unbranched alkanes of at least 4 members (excludes halogenated alkanes) is 10. The van der Waals surface area contributed by atoms with Gasteiger partial charge >= 0.3 is 17.9 Å². The summed E-state index contributed by atoms with van der Waals surface area (Å²) in [6.07, 6.45) is 19.3. The molecule has 8 heteroatoms. The molecule has 44 heavy (non-hydrogen) atoms. The van der Waals surface area contributed by atoms with E-state index in [1.54, 1.807) is 31.2 Å². The normalized spacial score (nSPS) is 11.5. The number of hydrogen-bond acceptors (Lipinski definition) is 8. The number of ether oxygens (including phenoxy) is 3. The van der Waals surface area contributed by atoms with Gasteiger partial charge in [0.25, 0.3) is 0 Å². The molecule has 0 fully saturated rings. The number of aromatic nitrogens is 2. The Hall–Kier alpha value is -4.07. The number of methoxy groups -OCH3 is 1. The molecule has 0 N–H and O–H groups in total. The van der Waals surface area contributed by atoms with Crippen molar-refractivity contribution in [1.82, 2.24) is 9.97 Å². The summed E-state index contributed by atoms with van der Waals surface area (Å²) in [4.78, 5) is 45.4. The van der Waals surface area contributed by atoms with E-state index >= 15 is 0 Å². The number of aryl methyl sites for hydroxylation is 1. The van der Waals surface area contributed by atoms with Crippen molar-refractivity contribution in [2.45, 2.75) is 90.9 Å². The minimum Gasteiger partial charge on any atom is -0.469 e. The largest absolute Gasteiger partial charge is 0.469 e. The first-order valence-electron chi connectivity index (χ1n) is 15.9. The van der Waals surface area contributed by atoms with Crippen LogP contribution in [0.5, 0.6) is 5.75 Å². The van der Waals surface area contributed by atoms with Crippen LogP contribution in [0.4, 0.5) is 0 Å². The average Bonchev–Trinajstić information content (AvgIpc) is 3.06. The zero-order valence-electron chi connectivity index (χ0n) is 26.4. The van der Waals surface area contributed by atoms with Gasteiger partial charge in [0.05, 0.1) is 24.2 Å². The highest BCUT2D eigenvalue weighted by Gasteiger charge is 2.17. The fourth-order valence-electron chi connectivity index (χ4n) is 4.76. The lowest BCUT2D eigenvalue weighted by Gasteiger charge is -2.10. The molecular weight excluding hydrogens is 556 g/mol. The smallest absolute Gasteiger partial charge is 0.343 e. The van der Waals surface area contributed by atoms with Gasteiger partial charge in [0.2, 0.25) is 0 Å². The number of esters is 3.